The van der Waals surface area contributed by atoms with Crippen molar-refractivity contribution in [1.82, 2.24) is 20.0 Å². The van der Waals surface area contributed by atoms with E-state index in [0.717, 1.165) is 16.7 Å². The van der Waals surface area contributed by atoms with Crippen molar-refractivity contribution >= 4 is 15.9 Å². The minimum atomic E-state index is -3.18. The van der Waals surface area contributed by atoms with Crippen molar-refractivity contribution in [3.05, 3.63) is 53.3 Å². The molecule has 7 nitrogen and oxygen atoms in total. The molecule has 1 aliphatic rings. The first-order chi connectivity index (χ1) is 12.3. The Labute approximate surface area is 153 Å². The van der Waals surface area contributed by atoms with Crippen molar-refractivity contribution in [3.8, 4) is 0 Å². The molecule has 1 aromatic carbocycles. The first kappa shape index (κ1) is 18.4. The van der Waals surface area contributed by atoms with Crippen molar-refractivity contribution in [2.24, 2.45) is 7.05 Å². The largest absolute Gasteiger partial charge is 0.331 e. The minimum Gasteiger partial charge on any atom is -0.331 e. The Balaban J connectivity index is 1.81. The molecule has 0 spiro atoms. The Hall–Kier alpha value is -2.35. The fraction of sp³-hybridized carbons (Fsp3) is 0.444. The Morgan fingerprint density at radius 1 is 1.35 bits per heavy atom. The maximum Gasteiger partial charge on any atom is 0.318 e. The lowest BCUT2D eigenvalue weighted by Gasteiger charge is -2.35. The van der Waals surface area contributed by atoms with Crippen LogP contribution in [0.15, 0.2) is 36.7 Å². The van der Waals surface area contributed by atoms with Crippen LogP contribution >= 0.6 is 0 Å². The summed E-state index contributed by atoms with van der Waals surface area (Å²) in [6, 6.07) is 6.94. The molecule has 2 atom stereocenters. The topological polar surface area (TPSA) is 84.3 Å². The molecule has 0 bridgehead atoms. The van der Waals surface area contributed by atoms with Crippen LogP contribution in [0.4, 0.5) is 4.79 Å². The SMILES string of the molecule is Cc1ccccc1C(C)NC(=O)N1CCS(=O)(=O)CC1c1cnn(C)c1. The summed E-state index contributed by atoms with van der Waals surface area (Å²) in [6.07, 6.45) is 3.38. The van der Waals surface area contributed by atoms with Gasteiger partial charge in [-0.1, -0.05) is 24.3 Å². The third kappa shape index (κ3) is 3.90. The molecule has 1 saturated heterocycles. The second-order valence-electron chi connectivity index (χ2n) is 6.80. The molecule has 3 rings (SSSR count). The summed E-state index contributed by atoms with van der Waals surface area (Å²) >= 11 is 0. The predicted molar refractivity (Wildman–Crippen MR) is 99.4 cm³/mol. The number of amides is 2. The van der Waals surface area contributed by atoms with Gasteiger partial charge in [0, 0.05) is 25.4 Å². The zero-order valence-electron chi connectivity index (χ0n) is 15.2. The molecule has 2 aromatic rings. The van der Waals surface area contributed by atoms with E-state index < -0.39 is 15.9 Å². The number of carbonyl (C=O) groups excluding carboxylic acids is 1. The summed E-state index contributed by atoms with van der Waals surface area (Å²) in [7, 11) is -1.41. The monoisotopic (exact) mass is 376 g/mol. The van der Waals surface area contributed by atoms with Gasteiger partial charge in [0.2, 0.25) is 0 Å². The molecule has 26 heavy (non-hydrogen) atoms. The highest BCUT2D eigenvalue weighted by Crippen LogP contribution is 2.27. The van der Waals surface area contributed by atoms with E-state index in [0.29, 0.717) is 0 Å². The van der Waals surface area contributed by atoms with E-state index in [-0.39, 0.29) is 30.1 Å². The zero-order chi connectivity index (χ0) is 18.9. The molecule has 1 N–H and O–H groups in total. The number of nitrogens with one attached hydrogen (secondary N) is 1. The quantitative estimate of drug-likeness (QED) is 0.888. The molecule has 2 amide bonds. The van der Waals surface area contributed by atoms with E-state index in [2.05, 4.69) is 10.4 Å². The van der Waals surface area contributed by atoms with Gasteiger partial charge < -0.3 is 10.2 Å². The number of urea groups is 1. The number of carbonyl (C=O) groups is 1. The average Bonchev–Trinajstić information content (AvgIpc) is 3.00. The molecule has 1 fully saturated rings. The number of nitrogens with zero attached hydrogens (tertiary/aromatic N) is 3. The number of benzene rings is 1. The molecular weight excluding hydrogens is 352 g/mol. The number of rotatable bonds is 3. The van der Waals surface area contributed by atoms with Gasteiger partial charge in [-0.3, -0.25) is 4.68 Å². The second kappa shape index (κ2) is 7.11. The van der Waals surface area contributed by atoms with E-state index >= 15 is 0 Å². The van der Waals surface area contributed by atoms with Crippen molar-refractivity contribution in [3.63, 3.8) is 0 Å². The molecule has 2 unspecified atom stereocenters. The lowest BCUT2D eigenvalue weighted by Crippen LogP contribution is -2.50. The average molecular weight is 376 g/mol. The first-order valence-corrected chi connectivity index (χ1v) is 10.4. The van der Waals surface area contributed by atoms with Gasteiger partial charge in [0.15, 0.2) is 9.84 Å². The predicted octanol–water partition coefficient (Wildman–Crippen LogP) is 1.97. The minimum absolute atomic E-state index is 0.0179. The Bertz CT molecular complexity index is 907. The van der Waals surface area contributed by atoms with E-state index in [1.165, 1.54) is 0 Å². The van der Waals surface area contributed by atoms with Gasteiger partial charge in [-0.05, 0) is 25.0 Å². The molecule has 1 aliphatic heterocycles. The number of sulfone groups is 1. The maximum atomic E-state index is 12.9. The van der Waals surface area contributed by atoms with Crippen molar-refractivity contribution in [1.29, 1.82) is 0 Å². The van der Waals surface area contributed by atoms with E-state index in [4.69, 9.17) is 0 Å². The van der Waals surface area contributed by atoms with Crippen LogP contribution in [0.5, 0.6) is 0 Å². The molecule has 140 valence electrons. The lowest BCUT2D eigenvalue weighted by atomic mass is 10.0. The molecule has 1 aromatic heterocycles. The lowest BCUT2D eigenvalue weighted by molar-refractivity contribution is 0.178. The van der Waals surface area contributed by atoms with Crippen LogP contribution in [0.1, 0.15) is 35.7 Å². The Morgan fingerprint density at radius 3 is 2.73 bits per heavy atom. The van der Waals surface area contributed by atoms with Gasteiger partial charge >= 0.3 is 6.03 Å². The molecule has 2 heterocycles. The first-order valence-electron chi connectivity index (χ1n) is 8.58. The summed E-state index contributed by atoms with van der Waals surface area (Å²) in [5.41, 5.74) is 2.88. The fourth-order valence-corrected chi connectivity index (χ4v) is 4.85. The number of hydrogen-bond donors (Lipinski definition) is 1. The summed E-state index contributed by atoms with van der Waals surface area (Å²) in [5.74, 6) is -0.0964. The van der Waals surface area contributed by atoms with Crippen LogP contribution in [0.2, 0.25) is 0 Å². The van der Waals surface area contributed by atoms with Crippen molar-refractivity contribution in [2.75, 3.05) is 18.1 Å². The van der Waals surface area contributed by atoms with Crippen molar-refractivity contribution in [2.45, 2.75) is 25.9 Å². The van der Waals surface area contributed by atoms with E-state index in [1.807, 2.05) is 38.1 Å². The van der Waals surface area contributed by atoms with Gasteiger partial charge in [0.1, 0.15) is 0 Å². The highest BCUT2D eigenvalue weighted by Gasteiger charge is 2.36. The van der Waals surface area contributed by atoms with Crippen LogP contribution in [0, 0.1) is 6.92 Å². The summed E-state index contributed by atoms with van der Waals surface area (Å²) in [6.45, 7) is 4.11. The normalized spacial score (nSPS) is 20.6. The van der Waals surface area contributed by atoms with Gasteiger partial charge in [-0.2, -0.15) is 5.10 Å². The van der Waals surface area contributed by atoms with Gasteiger partial charge in [0.25, 0.3) is 0 Å². The molecule has 8 heteroatoms. The van der Waals surface area contributed by atoms with Gasteiger partial charge in [-0.15, -0.1) is 0 Å². The smallest absolute Gasteiger partial charge is 0.318 e. The summed E-state index contributed by atoms with van der Waals surface area (Å²) < 4.78 is 25.8. The van der Waals surface area contributed by atoms with Gasteiger partial charge in [-0.25, -0.2) is 13.2 Å². The van der Waals surface area contributed by atoms with Crippen LogP contribution in [0.3, 0.4) is 0 Å². The number of hydrogen-bond acceptors (Lipinski definition) is 4. The third-order valence-corrected chi connectivity index (χ3v) is 6.42. The summed E-state index contributed by atoms with van der Waals surface area (Å²) in [5, 5.41) is 7.12. The molecule has 0 aliphatic carbocycles. The van der Waals surface area contributed by atoms with E-state index in [9.17, 15) is 13.2 Å². The zero-order valence-corrected chi connectivity index (χ0v) is 16.0. The fourth-order valence-electron chi connectivity index (χ4n) is 3.36. The van der Waals surface area contributed by atoms with E-state index in [1.54, 1.807) is 29.0 Å². The molecule has 0 saturated carbocycles. The van der Waals surface area contributed by atoms with Crippen molar-refractivity contribution < 1.29 is 13.2 Å². The standard InChI is InChI=1S/C18H24N4O3S/c1-13-6-4-5-7-16(13)14(2)20-18(23)22-8-9-26(24,25)12-17(22)15-10-19-21(3)11-15/h4-7,10-11,14,17H,8-9,12H2,1-3H3,(H,20,23). The van der Waals surface area contributed by atoms with Crippen LogP contribution in [0.25, 0.3) is 0 Å². The number of aryl methyl sites for hydroxylation is 2. The van der Waals surface area contributed by atoms with Gasteiger partial charge in [0.05, 0.1) is 29.8 Å². The maximum absolute atomic E-state index is 12.9. The van der Waals surface area contributed by atoms with Crippen LogP contribution < -0.4 is 5.32 Å². The van der Waals surface area contributed by atoms with Crippen LogP contribution in [-0.4, -0.2) is 47.2 Å². The van der Waals surface area contributed by atoms with Crippen LogP contribution in [-0.2, 0) is 16.9 Å². The summed E-state index contributed by atoms with van der Waals surface area (Å²) in [4.78, 5) is 14.5. The molecule has 0 radical (unpaired) electrons. The number of aromatic nitrogens is 2. The molecular formula is C18H24N4O3S. The highest BCUT2D eigenvalue weighted by molar-refractivity contribution is 7.91. The highest BCUT2D eigenvalue weighted by atomic mass is 32.2. The Kier molecular flexibility index (Phi) is 5.04. The Morgan fingerprint density at radius 2 is 2.08 bits per heavy atom. The third-order valence-electron chi connectivity index (χ3n) is 4.80. The second-order valence-corrected chi connectivity index (χ2v) is 9.03.